The SMILES string of the molecule is CCC(COC)NCC1CCCN(CC)C1. The molecule has 1 fully saturated rings. The number of nitrogens with one attached hydrogen (secondary N) is 1. The second-order valence-electron chi connectivity index (χ2n) is 4.87. The van der Waals surface area contributed by atoms with Crippen LogP contribution in [0.2, 0.25) is 0 Å². The minimum absolute atomic E-state index is 0.530. The first-order chi connectivity index (χ1) is 7.80. The zero-order valence-electron chi connectivity index (χ0n) is 11.2. The summed E-state index contributed by atoms with van der Waals surface area (Å²) in [6, 6.07) is 0.530. The van der Waals surface area contributed by atoms with Gasteiger partial charge in [0.05, 0.1) is 6.61 Å². The molecule has 3 nitrogen and oxygen atoms in total. The summed E-state index contributed by atoms with van der Waals surface area (Å²) in [5.41, 5.74) is 0. The highest BCUT2D eigenvalue weighted by atomic mass is 16.5. The average Bonchev–Trinajstić information content (AvgIpc) is 2.34. The Kier molecular flexibility index (Phi) is 7.01. The van der Waals surface area contributed by atoms with Crippen LogP contribution in [0.4, 0.5) is 0 Å². The molecular weight excluding hydrogens is 200 g/mol. The van der Waals surface area contributed by atoms with E-state index in [0.717, 1.165) is 25.5 Å². The van der Waals surface area contributed by atoms with Gasteiger partial charge in [0.2, 0.25) is 0 Å². The van der Waals surface area contributed by atoms with E-state index in [9.17, 15) is 0 Å². The normalized spacial score (nSPS) is 24.6. The molecule has 2 unspecified atom stereocenters. The van der Waals surface area contributed by atoms with Gasteiger partial charge in [-0.3, -0.25) is 0 Å². The van der Waals surface area contributed by atoms with E-state index in [1.807, 2.05) is 0 Å². The first-order valence-electron chi connectivity index (χ1n) is 6.74. The van der Waals surface area contributed by atoms with Crippen molar-refractivity contribution >= 4 is 0 Å². The van der Waals surface area contributed by atoms with E-state index in [1.54, 1.807) is 7.11 Å². The third-order valence-electron chi connectivity index (χ3n) is 3.61. The Morgan fingerprint density at radius 2 is 2.25 bits per heavy atom. The predicted octanol–water partition coefficient (Wildman–Crippen LogP) is 1.73. The number of hydrogen-bond acceptors (Lipinski definition) is 3. The van der Waals surface area contributed by atoms with Crippen molar-refractivity contribution in [3.05, 3.63) is 0 Å². The number of nitrogens with zero attached hydrogens (tertiary/aromatic N) is 1. The van der Waals surface area contributed by atoms with Crippen molar-refractivity contribution in [2.75, 3.05) is 39.9 Å². The van der Waals surface area contributed by atoms with Crippen LogP contribution in [0, 0.1) is 5.92 Å². The van der Waals surface area contributed by atoms with Crippen LogP contribution in [0.25, 0.3) is 0 Å². The van der Waals surface area contributed by atoms with E-state index < -0.39 is 0 Å². The van der Waals surface area contributed by atoms with Gasteiger partial charge in [-0.05, 0) is 44.8 Å². The van der Waals surface area contributed by atoms with Gasteiger partial charge in [0, 0.05) is 19.7 Å². The summed E-state index contributed by atoms with van der Waals surface area (Å²) >= 11 is 0. The Labute approximate surface area is 101 Å². The molecule has 1 aliphatic rings. The van der Waals surface area contributed by atoms with E-state index in [1.165, 1.54) is 32.5 Å². The summed E-state index contributed by atoms with van der Waals surface area (Å²) in [5, 5.41) is 3.63. The fourth-order valence-corrected chi connectivity index (χ4v) is 2.46. The van der Waals surface area contributed by atoms with Crippen molar-refractivity contribution in [3.63, 3.8) is 0 Å². The molecule has 0 saturated carbocycles. The Bertz CT molecular complexity index is 175. The van der Waals surface area contributed by atoms with E-state index in [0.29, 0.717) is 6.04 Å². The molecule has 0 radical (unpaired) electrons. The van der Waals surface area contributed by atoms with Gasteiger partial charge < -0.3 is 15.0 Å². The van der Waals surface area contributed by atoms with Crippen molar-refractivity contribution in [1.29, 1.82) is 0 Å². The molecule has 2 atom stereocenters. The molecule has 0 aromatic heterocycles. The van der Waals surface area contributed by atoms with Gasteiger partial charge >= 0.3 is 0 Å². The lowest BCUT2D eigenvalue weighted by atomic mass is 9.97. The van der Waals surface area contributed by atoms with Crippen molar-refractivity contribution < 1.29 is 4.74 Å². The molecule has 1 heterocycles. The topological polar surface area (TPSA) is 24.5 Å². The molecular formula is C13H28N2O. The quantitative estimate of drug-likeness (QED) is 0.718. The lowest BCUT2D eigenvalue weighted by molar-refractivity contribution is 0.147. The molecule has 0 aromatic rings. The van der Waals surface area contributed by atoms with Crippen molar-refractivity contribution in [2.45, 2.75) is 39.2 Å². The number of rotatable bonds is 7. The van der Waals surface area contributed by atoms with Gasteiger partial charge in [-0.2, -0.15) is 0 Å². The molecule has 96 valence electrons. The van der Waals surface area contributed by atoms with Crippen molar-refractivity contribution in [3.8, 4) is 0 Å². The number of ether oxygens (including phenoxy) is 1. The Morgan fingerprint density at radius 1 is 1.44 bits per heavy atom. The summed E-state index contributed by atoms with van der Waals surface area (Å²) in [7, 11) is 1.78. The highest BCUT2D eigenvalue weighted by Gasteiger charge is 2.19. The van der Waals surface area contributed by atoms with E-state index >= 15 is 0 Å². The standard InChI is InChI=1S/C13H28N2O/c1-4-13(11-16-3)14-9-12-7-6-8-15(5-2)10-12/h12-14H,4-11H2,1-3H3. The van der Waals surface area contributed by atoms with Gasteiger partial charge in [0.25, 0.3) is 0 Å². The number of likely N-dealkylation sites (tertiary alicyclic amines) is 1. The summed E-state index contributed by atoms with van der Waals surface area (Å²) < 4.78 is 5.20. The maximum atomic E-state index is 5.20. The van der Waals surface area contributed by atoms with Crippen LogP contribution >= 0.6 is 0 Å². The van der Waals surface area contributed by atoms with Crippen LogP contribution in [-0.4, -0.2) is 50.8 Å². The van der Waals surface area contributed by atoms with E-state index in [4.69, 9.17) is 4.74 Å². The van der Waals surface area contributed by atoms with Crippen LogP contribution in [-0.2, 0) is 4.74 Å². The maximum absolute atomic E-state index is 5.20. The number of hydrogen-bond donors (Lipinski definition) is 1. The molecule has 16 heavy (non-hydrogen) atoms. The monoisotopic (exact) mass is 228 g/mol. The van der Waals surface area contributed by atoms with Gasteiger partial charge in [-0.1, -0.05) is 13.8 Å². The highest BCUT2D eigenvalue weighted by molar-refractivity contribution is 4.75. The fraction of sp³-hybridized carbons (Fsp3) is 1.00. The lowest BCUT2D eigenvalue weighted by Gasteiger charge is -2.32. The zero-order valence-corrected chi connectivity index (χ0v) is 11.2. The molecule has 1 rings (SSSR count). The molecule has 0 aliphatic carbocycles. The van der Waals surface area contributed by atoms with Crippen LogP contribution < -0.4 is 5.32 Å². The van der Waals surface area contributed by atoms with Crippen LogP contribution in [0.1, 0.15) is 33.1 Å². The number of piperidine rings is 1. The summed E-state index contributed by atoms with van der Waals surface area (Å²) in [5.74, 6) is 0.833. The van der Waals surface area contributed by atoms with Gasteiger partial charge in [-0.15, -0.1) is 0 Å². The second kappa shape index (κ2) is 8.04. The minimum atomic E-state index is 0.530. The third-order valence-corrected chi connectivity index (χ3v) is 3.61. The molecule has 1 saturated heterocycles. The number of methoxy groups -OCH3 is 1. The first kappa shape index (κ1) is 13.9. The van der Waals surface area contributed by atoms with E-state index in [-0.39, 0.29) is 0 Å². The third kappa shape index (κ3) is 4.81. The largest absolute Gasteiger partial charge is 0.383 e. The maximum Gasteiger partial charge on any atom is 0.0615 e. The molecule has 0 amide bonds. The van der Waals surface area contributed by atoms with Gasteiger partial charge in [-0.25, -0.2) is 0 Å². The summed E-state index contributed by atoms with van der Waals surface area (Å²) in [6.07, 6.45) is 3.90. The average molecular weight is 228 g/mol. The molecule has 3 heteroatoms. The van der Waals surface area contributed by atoms with Crippen LogP contribution in [0.3, 0.4) is 0 Å². The molecule has 1 N–H and O–H groups in total. The Hall–Kier alpha value is -0.120. The molecule has 1 aliphatic heterocycles. The van der Waals surface area contributed by atoms with Gasteiger partial charge in [0.15, 0.2) is 0 Å². The predicted molar refractivity (Wildman–Crippen MR) is 68.8 cm³/mol. The second-order valence-corrected chi connectivity index (χ2v) is 4.87. The van der Waals surface area contributed by atoms with Gasteiger partial charge in [0.1, 0.15) is 0 Å². The summed E-state index contributed by atoms with van der Waals surface area (Å²) in [6.45, 7) is 10.2. The molecule has 0 bridgehead atoms. The minimum Gasteiger partial charge on any atom is -0.383 e. The van der Waals surface area contributed by atoms with Crippen LogP contribution in [0.5, 0.6) is 0 Å². The fourth-order valence-electron chi connectivity index (χ4n) is 2.46. The zero-order chi connectivity index (χ0) is 11.8. The summed E-state index contributed by atoms with van der Waals surface area (Å²) in [4.78, 5) is 2.56. The first-order valence-corrected chi connectivity index (χ1v) is 6.74. The molecule has 0 spiro atoms. The van der Waals surface area contributed by atoms with E-state index in [2.05, 4.69) is 24.1 Å². The highest BCUT2D eigenvalue weighted by Crippen LogP contribution is 2.15. The van der Waals surface area contributed by atoms with Crippen molar-refractivity contribution in [1.82, 2.24) is 10.2 Å². The smallest absolute Gasteiger partial charge is 0.0615 e. The van der Waals surface area contributed by atoms with Crippen LogP contribution in [0.15, 0.2) is 0 Å². The van der Waals surface area contributed by atoms with Crippen molar-refractivity contribution in [2.24, 2.45) is 5.92 Å². The lowest BCUT2D eigenvalue weighted by Crippen LogP contribution is -2.42. The Morgan fingerprint density at radius 3 is 2.88 bits per heavy atom. The Balaban J connectivity index is 2.20. The molecule has 0 aromatic carbocycles.